The highest BCUT2D eigenvalue weighted by molar-refractivity contribution is 6.31. The summed E-state index contributed by atoms with van der Waals surface area (Å²) < 4.78 is 1.84. The van der Waals surface area contributed by atoms with Crippen molar-refractivity contribution in [1.29, 1.82) is 0 Å². The lowest BCUT2D eigenvalue weighted by Crippen LogP contribution is -2.42. The van der Waals surface area contributed by atoms with Crippen LogP contribution in [0.15, 0.2) is 16.0 Å². The minimum atomic E-state index is 0.0118. The molecule has 196 valence electrons. The summed E-state index contributed by atoms with van der Waals surface area (Å²) in [7, 11) is 0. The molecule has 0 spiro atoms. The molecule has 4 N–H and O–H groups in total. The molecule has 2 fully saturated rings. The number of anilines is 1. The Morgan fingerprint density at radius 1 is 1.25 bits per heavy atom. The molecule has 1 saturated carbocycles. The Morgan fingerprint density at radius 2 is 2.11 bits per heavy atom. The van der Waals surface area contributed by atoms with Crippen LogP contribution >= 0.6 is 11.6 Å². The van der Waals surface area contributed by atoms with Crippen LogP contribution in [0.3, 0.4) is 0 Å². The predicted octanol–water partition coefficient (Wildman–Crippen LogP) is 3.64. The van der Waals surface area contributed by atoms with Gasteiger partial charge in [0.05, 0.1) is 23.6 Å². The first-order valence-electron chi connectivity index (χ1n) is 13.7. The van der Waals surface area contributed by atoms with Gasteiger partial charge >= 0.3 is 11.4 Å². The molecule has 8 nitrogen and oxygen atoms in total. The Hall–Kier alpha value is -2.16. The Labute approximate surface area is 218 Å². The molecule has 3 aliphatic rings. The van der Waals surface area contributed by atoms with E-state index in [1.165, 1.54) is 45.2 Å². The predicted molar refractivity (Wildman–Crippen MR) is 144 cm³/mol. The molecule has 1 aliphatic heterocycles. The van der Waals surface area contributed by atoms with Gasteiger partial charge in [-0.3, -0.25) is 20.1 Å². The van der Waals surface area contributed by atoms with E-state index in [0.29, 0.717) is 37.4 Å². The molecule has 3 heterocycles. The minimum absolute atomic E-state index is 0.0118. The second kappa shape index (κ2) is 11.5. The number of piperidine rings is 1. The van der Waals surface area contributed by atoms with E-state index in [-0.39, 0.29) is 5.56 Å². The van der Waals surface area contributed by atoms with Crippen LogP contribution in [-0.4, -0.2) is 51.9 Å². The van der Waals surface area contributed by atoms with Gasteiger partial charge in [0.25, 0.3) is 0 Å². The number of halogens is 1. The molecule has 0 radical (unpaired) electrons. The van der Waals surface area contributed by atoms with Gasteiger partial charge in [-0.05, 0) is 57.6 Å². The Morgan fingerprint density at radius 3 is 2.94 bits per heavy atom. The van der Waals surface area contributed by atoms with E-state index >= 15 is 0 Å². The van der Waals surface area contributed by atoms with Crippen LogP contribution in [0.5, 0.6) is 0 Å². The van der Waals surface area contributed by atoms with E-state index in [1.807, 2.05) is 23.8 Å². The fourth-order valence-corrected chi connectivity index (χ4v) is 6.06. The number of aryl methyl sites for hydroxylation is 1. The summed E-state index contributed by atoms with van der Waals surface area (Å²) in [5.41, 5.74) is 4.17. The third-order valence-electron chi connectivity index (χ3n) is 8.02. The molecule has 0 bridgehead atoms. The first-order chi connectivity index (χ1) is 17.5. The maximum absolute atomic E-state index is 13.2. The normalized spacial score (nSPS) is 22.4. The molecule has 5 rings (SSSR count). The summed E-state index contributed by atoms with van der Waals surface area (Å²) in [5, 5.41) is 15.4. The van der Waals surface area contributed by atoms with E-state index in [2.05, 4.69) is 37.6 Å². The fourth-order valence-electron chi connectivity index (χ4n) is 5.72. The largest absolute Gasteiger partial charge is 0.340 e. The summed E-state index contributed by atoms with van der Waals surface area (Å²) in [5.74, 6) is 1.84. The van der Waals surface area contributed by atoms with Crippen molar-refractivity contribution in [1.82, 2.24) is 25.0 Å². The molecule has 2 unspecified atom stereocenters. The van der Waals surface area contributed by atoms with Gasteiger partial charge < -0.3 is 9.88 Å². The van der Waals surface area contributed by atoms with Crippen LogP contribution in [0.1, 0.15) is 80.4 Å². The number of nitrogens with zero attached hydrogens (tertiary/aromatic N) is 3. The van der Waals surface area contributed by atoms with Gasteiger partial charge in [0.2, 0.25) is 0 Å². The quantitative estimate of drug-likeness (QED) is 0.398. The number of allylic oxidation sites excluding steroid dienone is 1. The van der Waals surface area contributed by atoms with Crippen LogP contribution in [0.25, 0.3) is 6.08 Å². The third-order valence-corrected chi connectivity index (χ3v) is 8.29. The van der Waals surface area contributed by atoms with Crippen molar-refractivity contribution >= 4 is 23.5 Å². The van der Waals surface area contributed by atoms with Gasteiger partial charge in [-0.2, -0.15) is 5.10 Å². The Bertz CT molecular complexity index is 1140. The zero-order valence-corrected chi connectivity index (χ0v) is 22.5. The van der Waals surface area contributed by atoms with Gasteiger partial charge in [0.15, 0.2) is 0 Å². The molecule has 0 amide bonds. The maximum atomic E-state index is 13.2. The molecule has 1 saturated heterocycles. The van der Waals surface area contributed by atoms with Gasteiger partial charge in [-0.1, -0.05) is 24.9 Å². The standard InChI is InChI=1S/C27H40ClN7O/c1-18-13-21(28)14-23-24(32-33-25(18)23)16-29-10-12-35-19(2)15-31-26(27(35)36)30-9-8-22-5-3-4-11-34(22)17-20-6-7-20/h14-15,18,20,22,29H,3-13,16-17H2,1-2H3,(H,30,31)(H,32,33)/p+1. The van der Waals surface area contributed by atoms with Crippen molar-refractivity contribution in [2.45, 2.75) is 83.8 Å². The van der Waals surface area contributed by atoms with Crippen LogP contribution in [-0.2, 0) is 13.1 Å². The van der Waals surface area contributed by atoms with Crippen molar-refractivity contribution < 1.29 is 4.98 Å². The van der Waals surface area contributed by atoms with Crippen molar-refractivity contribution in [3.05, 3.63) is 44.2 Å². The first kappa shape index (κ1) is 25.5. The van der Waals surface area contributed by atoms with E-state index in [0.717, 1.165) is 53.0 Å². The topological polar surface area (TPSA) is 92.1 Å². The van der Waals surface area contributed by atoms with Gasteiger partial charge in [-0.25, -0.2) is 4.98 Å². The summed E-state index contributed by atoms with van der Waals surface area (Å²) in [6, 6.07) is 0.643. The molecule has 0 aromatic carbocycles. The smallest absolute Gasteiger partial charge is 0.309 e. The van der Waals surface area contributed by atoms with Gasteiger partial charge in [0.1, 0.15) is 6.20 Å². The molecular weight excluding hydrogens is 474 g/mol. The zero-order valence-electron chi connectivity index (χ0n) is 21.7. The number of nitrogens with one attached hydrogen (secondary N) is 4. The summed E-state index contributed by atoms with van der Waals surface area (Å²) in [4.78, 5) is 19.1. The average Bonchev–Trinajstić information content (AvgIpc) is 3.58. The zero-order chi connectivity index (χ0) is 25.1. The van der Waals surface area contributed by atoms with Gasteiger partial charge in [-0.15, -0.1) is 0 Å². The Balaban J connectivity index is 1.13. The van der Waals surface area contributed by atoms with E-state index < -0.39 is 0 Å². The third kappa shape index (κ3) is 6.03. The van der Waals surface area contributed by atoms with Crippen LogP contribution < -0.4 is 21.2 Å². The maximum Gasteiger partial charge on any atom is 0.340 e. The van der Waals surface area contributed by atoms with Crippen LogP contribution in [0, 0.1) is 12.8 Å². The van der Waals surface area contributed by atoms with Gasteiger partial charge in [0, 0.05) is 55.2 Å². The van der Waals surface area contributed by atoms with Crippen molar-refractivity contribution in [2.24, 2.45) is 5.92 Å². The lowest BCUT2D eigenvalue weighted by Gasteiger charge is -2.35. The second-order valence-electron chi connectivity index (χ2n) is 10.9. The summed E-state index contributed by atoms with van der Waals surface area (Å²) in [6.07, 6.45) is 12.6. The second-order valence-corrected chi connectivity index (χ2v) is 11.4. The number of hydrogen-bond acceptors (Lipinski definition) is 5. The number of H-pyrrole nitrogens is 2. The molecule has 2 aromatic rings. The summed E-state index contributed by atoms with van der Waals surface area (Å²) in [6.45, 7) is 9.40. The van der Waals surface area contributed by atoms with Crippen molar-refractivity contribution in [3.63, 3.8) is 0 Å². The van der Waals surface area contributed by atoms with Crippen molar-refractivity contribution in [3.8, 4) is 0 Å². The molecule has 36 heavy (non-hydrogen) atoms. The van der Waals surface area contributed by atoms with E-state index in [1.54, 1.807) is 0 Å². The number of likely N-dealkylation sites (tertiary alicyclic amines) is 1. The number of aromatic nitrogens is 4. The monoisotopic (exact) mass is 514 g/mol. The van der Waals surface area contributed by atoms with Crippen molar-refractivity contribution in [2.75, 3.05) is 31.5 Å². The Kier molecular flexibility index (Phi) is 8.13. The SMILES string of the molecule is Cc1c[nH+]c(NCCC2CCCCN2CC2CC2)c(=O)n1CCNCc1[nH]nc2c1C=C(Cl)CC2C. The molecule has 2 atom stereocenters. The summed E-state index contributed by atoms with van der Waals surface area (Å²) >= 11 is 6.32. The fraction of sp³-hybridized carbons (Fsp3) is 0.667. The highest BCUT2D eigenvalue weighted by Gasteiger charge is 2.30. The molecular formula is C27H41ClN7O+. The average molecular weight is 515 g/mol. The molecule has 2 aliphatic carbocycles. The number of hydrogen-bond donors (Lipinski definition) is 3. The minimum Gasteiger partial charge on any atom is -0.309 e. The lowest BCUT2D eigenvalue weighted by atomic mass is 9.93. The van der Waals surface area contributed by atoms with E-state index in [4.69, 9.17) is 11.6 Å². The number of fused-ring (bicyclic) bond motifs is 1. The number of aromatic amines is 2. The lowest BCUT2D eigenvalue weighted by molar-refractivity contribution is -0.364. The highest BCUT2D eigenvalue weighted by atomic mass is 35.5. The molecule has 2 aromatic heterocycles. The van der Waals surface area contributed by atoms with E-state index in [9.17, 15) is 4.79 Å². The number of rotatable bonds is 11. The first-order valence-corrected chi connectivity index (χ1v) is 14.1. The molecule has 9 heteroatoms. The van der Waals surface area contributed by atoms with Crippen LogP contribution in [0.4, 0.5) is 5.82 Å². The highest BCUT2D eigenvalue weighted by Crippen LogP contribution is 2.35. The van der Waals surface area contributed by atoms with Crippen LogP contribution in [0.2, 0.25) is 0 Å².